The molecule has 0 saturated carbocycles. The summed E-state index contributed by atoms with van der Waals surface area (Å²) in [6.45, 7) is 0. The van der Waals surface area contributed by atoms with Gasteiger partial charge in [0.1, 0.15) is 5.82 Å². The number of hydrogen-bond donors (Lipinski definition) is 3. The van der Waals surface area contributed by atoms with Crippen molar-refractivity contribution in [3.05, 3.63) is 23.9 Å². The molecule has 0 fully saturated rings. The summed E-state index contributed by atoms with van der Waals surface area (Å²) >= 11 is 0. The number of carboxylic acid groups (broad SMARTS) is 1. The van der Waals surface area contributed by atoms with Crippen LogP contribution in [0.15, 0.2) is 18.3 Å². The zero-order valence-corrected chi connectivity index (χ0v) is 6.14. The summed E-state index contributed by atoms with van der Waals surface area (Å²) in [5.41, 5.74) is 5.44. The number of carboxylic acids is 1. The van der Waals surface area contributed by atoms with Gasteiger partial charge in [0, 0.05) is 11.8 Å². The van der Waals surface area contributed by atoms with Crippen molar-refractivity contribution >= 4 is 11.8 Å². The van der Waals surface area contributed by atoms with E-state index in [4.69, 9.17) is 15.9 Å². The van der Waals surface area contributed by atoms with Crippen LogP contribution in [0.3, 0.4) is 0 Å². The van der Waals surface area contributed by atoms with Gasteiger partial charge >= 0.3 is 5.97 Å². The minimum atomic E-state index is -1.60. The average Bonchev–Trinajstić information content (AvgIpc) is 2.04. The van der Waals surface area contributed by atoms with Crippen LogP contribution in [-0.2, 0) is 4.79 Å². The molecule has 5 heteroatoms. The van der Waals surface area contributed by atoms with Gasteiger partial charge in [-0.3, -0.25) is 0 Å². The third-order valence-corrected chi connectivity index (χ3v) is 1.40. The smallest absolute Gasteiger partial charge is 0.337 e. The van der Waals surface area contributed by atoms with Crippen LogP contribution in [0, 0.1) is 0 Å². The van der Waals surface area contributed by atoms with E-state index >= 15 is 0 Å². The second kappa shape index (κ2) is 3.19. The first kappa shape index (κ1) is 8.48. The largest absolute Gasteiger partial charge is 0.479 e. The first-order valence-electron chi connectivity index (χ1n) is 3.24. The number of aliphatic hydroxyl groups is 1. The van der Waals surface area contributed by atoms with E-state index < -0.39 is 12.1 Å². The molecule has 1 aromatic heterocycles. The Morgan fingerprint density at radius 2 is 2.33 bits per heavy atom. The standard InChI is InChI=1S/C7H8N2O3/c8-6-4(2-1-3-9-6)5(10)7(11)12/h1-3,5,10H,(H2,8,9)(H,11,12). The number of aliphatic carboxylic acids is 1. The van der Waals surface area contributed by atoms with Gasteiger partial charge in [-0.05, 0) is 6.07 Å². The summed E-state index contributed by atoms with van der Waals surface area (Å²) in [6.07, 6.45) is -0.174. The number of carbonyl (C=O) groups is 1. The maximum absolute atomic E-state index is 10.3. The lowest BCUT2D eigenvalue weighted by Gasteiger charge is -2.06. The lowest BCUT2D eigenvalue weighted by Crippen LogP contribution is -2.13. The Labute approximate surface area is 68.5 Å². The Morgan fingerprint density at radius 1 is 1.67 bits per heavy atom. The van der Waals surface area contributed by atoms with Crippen molar-refractivity contribution in [3.8, 4) is 0 Å². The van der Waals surface area contributed by atoms with E-state index in [1.165, 1.54) is 18.3 Å². The molecule has 5 nitrogen and oxygen atoms in total. The van der Waals surface area contributed by atoms with Gasteiger partial charge < -0.3 is 15.9 Å². The van der Waals surface area contributed by atoms with Crippen LogP contribution in [0.4, 0.5) is 5.82 Å². The summed E-state index contributed by atoms with van der Waals surface area (Å²) in [7, 11) is 0. The topological polar surface area (TPSA) is 96.4 Å². The quantitative estimate of drug-likeness (QED) is 0.567. The van der Waals surface area contributed by atoms with Gasteiger partial charge in [-0.1, -0.05) is 6.07 Å². The molecule has 1 heterocycles. The van der Waals surface area contributed by atoms with Crippen molar-refractivity contribution in [2.45, 2.75) is 6.10 Å². The van der Waals surface area contributed by atoms with E-state index in [-0.39, 0.29) is 11.4 Å². The molecule has 0 saturated heterocycles. The number of aliphatic hydroxyl groups excluding tert-OH is 1. The van der Waals surface area contributed by atoms with E-state index in [2.05, 4.69) is 4.98 Å². The van der Waals surface area contributed by atoms with E-state index in [1.54, 1.807) is 0 Å². The number of rotatable bonds is 2. The lowest BCUT2D eigenvalue weighted by atomic mass is 10.1. The number of aromatic nitrogens is 1. The first-order chi connectivity index (χ1) is 5.63. The molecule has 0 aliphatic rings. The second-order valence-electron chi connectivity index (χ2n) is 2.22. The van der Waals surface area contributed by atoms with E-state index in [9.17, 15) is 4.79 Å². The Hall–Kier alpha value is -1.62. The van der Waals surface area contributed by atoms with E-state index in [0.717, 1.165) is 0 Å². The molecule has 12 heavy (non-hydrogen) atoms. The molecule has 0 radical (unpaired) electrons. The number of nitrogens with zero attached hydrogens (tertiary/aromatic N) is 1. The average molecular weight is 168 g/mol. The predicted octanol–water partition coefficient (Wildman–Crippen LogP) is -0.218. The van der Waals surface area contributed by atoms with Crippen LogP contribution in [0.2, 0.25) is 0 Å². The number of hydrogen-bond acceptors (Lipinski definition) is 4. The molecule has 0 bridgehead atoms. The fourth-order valence-corrected chi connectivity index (χ4v) is 0.794. The molecule has 0 spiro atoms. The van der Waals surface area contributed by atoms with Gasteiger partial charge in [0.15, 0.2) is 6.10 Å². The summed E-state index contributed by atoms with van der Waals surface area (Å²) in [5.74, 6) is -1.30. The van der Waals surface area contributed by atoms with Crippen LogP contribution in [0.25, 0.3) is 0 Å². The van der Waals surface area contributed by atoms with Crippen molar-refractivity contribution in [1.82, 2.24) is 4.98 Å². The van der Waals surface area contributed by atoms with Gasteiger partial charge in [0.25, 0.3) is 0 Å². The van der Waals surface area contributed by atoms with Gasteiger partial charge in [-0.15, -0.1) is 0 Å². The van der Waals surface area contributed by atoms with Gasteiger partial charge in [0.05, 0.1) is 0 Å². The van der Waals surface area contributed by atoms with Crippen molar-refractivity contribution in [2.24, 2.45) is 0 Å². The van der Waals surface area contributed by atoms with Crippen molar-refractivity contribution in [1.29, 1.82) is 0 Å². The monoisotopic (exact) mass is 168 g/mol. The van der Waals surface area contributed by atoms with Crippen LogP contribution >= 0.6 is 0 Å². The molecule has 64 valence electrons. The zero-order chi connectivity index (χ0) is 9.14. The first-order valence-corrected chi connectivity index (χ1v) is 3.24. The van der Waals surface area contributed by atoms with Gasteiger partial charge in [-0.25, -0.2) is 9.78 Å². The Bertz CT molecular complexity index is 300. The van der Waals surface area contributed by atoms with Gasteiger partial charge in [0.2, 0.25) is 0 Å². The Kier molecular flexibility index (Phi) is 2.25. The number of nitrogens with two attached hydrogens (primary N) is 1. The SMILES string of the molecule is Nc1ncccc1C(O)C(=O)O. The summed E-state index contributed by atoms with van der Waals surface area (Å²) in [4.78, 5) is 14.0. The normalized spacial score (nSPS) is 12.4. The molecule has 0 aromatic carbocycles. The third kappa shape index (κ3) is 1.51. The highest BCUT2D eigenvalue weighted by Gasteiger charge is 2.18. The van der Waals surface area contributed by atoms with Crippen molar-refractivity contribution < 1.29 is 15.0 Å². The van der Waals surface area contributed by atoms with Gasteiger partial charge in [-0.2, -0.15) is 0 Å². The number of nitrogen functional groups attached to an aromatic ring is 1. The molecule has 1 rings (SSSR count). The summed E-state index contributed by atoms with van der Waals surface area (Å²) in [5, 5.41) is 17.5. The number of anilines is 1. The highest BCUT2D eigenvalue weighted by molar-refractivity contribution is 5.75. The molecule has 1 atom stereocenters. The molecule has 4 N–H and O–H groups in total. The minimum absolute atomic E-state index is 0.0346. The van der Waals surface area contributed by atoms with Crippen LogP contribution in [0.5, 0.6) is 0 Å². The Morgan fingerprint density at radius 3 is 2.83 bits per heavy atom. The number of pyridine rings is 1. The Balaban J connectivity index is 3.02. The molecular formula is C7H8N2O3. The van der Waals surface area contributed by atoms with Crippen LogP contribution in [-0.4, -0.2) is 21.2 Å². The fraction of sp³-hybridized carbons (Fsp3) is 0.143. The third-order valence-electron chi connectivity index (χ3n) is 1.40. The molecule has 0 amide bonds. The van der Waals surface area contributed by atoms with E-state index in [1.807, 2.05) is 0 Å². The van der Waals surface area contributed by atoms with E-state index in [0.29, 0.717) is 0 Å². The molecule has 0 aliphatic heterocycles. The lowest BCUT2D eigenvalue weighted by molar-refractivity contribution is -0.146. The highest BCUT2D eigenvalue weighted by Crippen LogP contribution is 2.17. The summed E-state index contributed by atoms with van der Waals surface area (Å²) < 4.78 is 0. The fourth-order valence-electron chi connectivity index (χ4n) is 0.794. The maximum atomic E-state index is 10.3. The van der Waals surface area contributed by atoms with Crippen molar-refractivity contribution in [3.63, 3.8) is 0 Å². The molecular weight excluding hydrogens is 160 g/mol. The predicted molar refractivity (Wildman–Crippen MR) is 41.2 cm³/mol. The van der Waals surface area contributed by atoms with Crippen molar-refractivity contribution in [2.75, 3.05) is 5.73 Å². The second-order valence-corrected chi connectivity index (χ2v) is 2.22. The van der Waals surface area contributed by atoms with Crippen LogP contribution in [0.1, 0.15) is 11.7 Å². The zero-order valence-electron chi connectivity index (χ0n) is 6.14. The maximum Gasteiger partial charge on any atom is 0.337 e. The minimum Gasteiger partial charge on any atom is -0.479 e. The molecule has 1 unspecified atom stereocenters. The summed E-state index contributed by atoms with van der Waals surface area (Å²) in [6, 6.07) is 2.93. The highest BCUT2D eigenvalue weighted by atomic mass is 16.4. The molecule has 1 aromatic rings. The molecule has 0 aliphatic carbocycles. The van der Waals surface area contributed by atoms with Crippen LogP contribution < -0.4 is 5.73 Å².